The van der Waals surface area contributed by atoms with Crippen molar-refractivity contribution in [2.24, 2.45) is 0 Å². The van der Waals surface area contributed by atoms with E-state index >= 15 is 0 Å². The zero-order valence-corrected chi connectivity index (χ0v) is 12.8. The second-order valence-corrected chi connectivity index (χ2v) is 5.01. The van der Waals surface area contributed by atoms with Crippen molar-refractivity contribution in [1.29, 1.82) is 0 Å². The zero-order valence-electron chi connectivity index (χ0n) is 12.0. The van der Waals surface area contributed by atoms with E-state index in [9.17, 15) is 14.0 Å². The molecule has 0 aliphatic carbocycles. The Kier molecular flexibility index (Phi) is 5.16. The summed E-state index contributed by atoms with van der Waals surface area (Å²) in [4.78, 5) is 24.0. The van der Waals surface area contributed by atoms with Crippen LogP contribution in [0.4, 0.5) is 4.39 Å². The largest absolute Gasteiger partial charge is 0.494 e. The summed E-state index contributed by atoms with van der Waals surface area (Å²) in [6.07, 6.45) is 0.540. The predicted octanol–water partition coefficient (Wildman–Crippen LogP) is 2.29. The zero-order chi connectivity index (χ0) is 16.1. The highest BCUT2D eigenvalue weighted by molar-refractivity contribution is 7.07. The molecule has 8 heteroatoms. The van der Waals surface area contributed by atoms with Crippen molar-refractivity contribution in [3.8, 4) is 5.75 Å². The highest BCUT2D eigenvalue weighted by Gasteiger charge is 2.18. The second kappa shape index (κ2) is 7.08. The molecule has 0 amide bonds. The van der Waals surface area contributed by atoms with Gasteiger partial charge in [0.1, 0.15) is 0 Å². The van der Waals surface area contributed by atoms with Crippen molar-refractivity contribution in [3.63, 3.8) is 0 Å². The van der Waals surface area contributed by atoms with Crippen molar-refractivity contribution in [1.82, 2.24) is 9.59 Å². The third-order valence-electron chi connectivity index (χ3n) is 2.88. The van der Waals surface area contributed by atoms with Crippen LogP contribution in [0, 0.1) is 5.82 Å². The van der Waals surface area contributed by atoms with Crippen LogP contribution in [0.3, 0.4) is 0 Å². The van der Waals surface area contributed by atoms with Crippen LogP contribution < -0.4 is 4.74 Å². The number of aromatic nitrogens is 2. The first-order valence-electron chi connectivity index (χ1n) is 6.41. The summed E-state index contributed by atoms with van der Waals surface area (Å²) in [5, 5.41) is 3.79. The van der Waals surface area contributed by atoms with E-state index in [1.165, 1.54) is 19.2 Å². The van der Waals surface area contributed by atoms with Crippen LogP contribution in [0.5, 0.6) is 5.75 Å². The number of aryl methyl sites for hydroxylation is 1. The molecule has 0 fully saturated rings. The smallest absolute Gasteiger partial charge is 0.352 e. The standard InChI is InChI=1S/C14H13FN2O4S/c1-3-10-13(22-17-16-10)14(19)21-7-11(18)8-4-5-12(20-2)9(15)6-8/h4-6H,3,7H2,1-2H3. The van der Waals surface area contributed by atoms with Crippen LogP contribution >= 0.6 is 11.5 Å². The molecule has 0 saturated heterocycles. The third-order valence-corrected chi connectivity index (χ3v) is 3.63. The third kappa shape index (κ3) is 3.45. The number of ether oxygens (including phenoxy) is 2. The van der Waals surface area contributed by atoms with Crippen LogP contribution in [0.1, 0.15) is 32.6 Å². The van der Waals surface area contributed by atoms with Crippen LogP contribution in [-0.2, 0) is 11.2 Å². The second-order valence-electron chi connectivity index (χ2n) is 4.25. The van der Waals surface area contributed by atoms with Gasteiger partial charge in [0, 0.05) is 5.56 Å². The summed E-state index contributed by atoms with van der Waals surface area (Å²) >= 11 is 0.914. The molecule has 2 aromatic rings. The lowest BCUT2D eigenvalue weighted by atomic mass is 10.1. The molecule has 0 N–H and O–H groups in total. The van der Waals surface area contributed by atoms with Gasteiger partial charge in [-0.3, -0.25) is 4.79 Å². The summed E-state index contributed by atoms with van der Waals surface area (Å²) < 4.78 is 26.9. The monoisotopic (exact) mass is 324 g/mol. The Morgan fingerprint density at radius 1 is 1.36 bits per heavy atom. The first kappa shape index (κ1) is 16.0. The molecule has 0 aliphatic heterocycles. The number of esters is 1. The number of rotatable bonds is 6. The fourth-order valence-electron chi connectivity index (χ4n) is 1.71. The first-order chi connectivity index (χ1) is 10.6. The van der Waals surface area contributed by atoms with E-state index in [1.54, 1.807) is 0 Å². The molecule has 6 nitrogen and oxygen atoms in total. The van der Waals surface area contributed by atoms with Gasteiger partial charge in [-0.05, 0) is 36.2 Å². The van der Waals surface area contributed by atoms with Gasteiger partial charge in [0.25, 0.3) is 0 Å². The summed E-state index contributed by atoms with van der Waals surface area (Å²) in [7, 11) is 1.33. The average Bonchev–Trinajstić information content (AvgIpc) is 3.00. The number of methoxy groups -OCH3 is 1. The van der Waals surface area contributed by atoms with Crippen LogP contribution in [0.25, 0.3) is 0 Å². The summed E-state index contributed by atoms with van der Waals surface area (Å²) in [5.41, 5.74) is 0.627. The van der Waals surface area contributed by atoms with Crippen molar-refractivity contribution >= 4 is 23.3 Å². The number of halogens is 1. The van der Waals surface area contributed by atoms with Crippen LogP contribution in [0.2, 0.25) is 0 Å². The van der Waals surface area contributed by atoms with E-state index in [-0.39, 0.29) is 16.2 Å². The van der Waals surface area contributed by atoms with Gasteiger partial charge >= 0.3 is 5.97 Å². The Labute approximate surface area is 130 Å². The maximum Gasteiger partial charge on any atom is 0.352 e. The normalized spacial score (nSPS) is 10.3. The Bertz CT molecular complexity index is 702. The number of carbonyl (C=O) groups excluding carboxylic acids is 2. The highest BCUT2D eigenvalue weighted by Crippen LogP contribution is 2.18. The lowest BCUT2D eigenvalue weighted by Crippen LogP contribution is -2.14. The van der Waals surface area contributed by atoms with Gasteiger partial charge in [-0.15, -0.1) is 5.10 Å². The van der Waals surface area contributed by atoms with Gasteiger partial charge in [0.05, 0.1) is 12.8 Å². The Balaban J connectivity index is 2.01. The molecule has 0 atom stereocenters. The molecule has 1 heterocycles. The molecule has 0 spiro atoms. The van der Waals surface area contributed by atoms with E-state index < -0.39 is 24.2 Å². The van der Waals surface area contributed by atoms with Gasteiger partial charge in [-0.1, -0.05) is 11.4 Å². The molecule has 1 aromatic carbocycles. The number of hydrogen-bond donors (Lipinski definition) is 0. The van der Waals surface area contributed by atoms with E-state index in [2.05, 4.69) is 9.59 Å². The first-order valence-corrected chi connectivity index (χ1v) is 7.19. The van der Waals surface area contributed by atoms with Crippen molar-refractivity contribution in [3.05, 3.63) is 40.2 Å². The number of Topliss-reactive ketones (excluding diaryl/α,β-unsaturated/α-hetero) is 1. The number of nitrogens with zero attached hydrogens (tertiary/aromatic N) is 2. The van der Waals surface area contributed by atoms with Gasteiger partial charge < -0.3 is 9.47 Å². The summed E-state index contributed by atoms with van der Waals surface area (Å²) in [5.74, 6) is -1.78. The molecule has 0 unspecified atom stereocenters. The minimum absolute atomic E-state index is 0.0388. The van der Waals surface area contributed by atoms with Gasteiger partial charge in [0.15, 0.2) is 28.8 Å². The quantitative estimate of drug-likeness (QED) is 0.599. The topological polar surface area (TPSA) is 78.4 Å². The van der Waals surface area contributed by atoms with Crippen molar-refractivity contribution < 1.29 is 23.5 Å². The molecule has 1 aromatic heterocycles. The average molecular weight is 324 g/mol. The SMILES string of the molecule is CCc1nnsc1C(=O)OCC(=O)c1ccc(OC)c(F)c1. The van der Waals surface area contributed by atoms with E-state index in [0.29, 0.717) is 12.1 Å². The number of carbonyl (C=O) groups is 2. The minimum atomic E-state index is -0.658. The molecular weight excluding hydrogens is 311 g/mol. The fourth-order valence-corrected chi connectivity index (χ4v) is 2.36. The van der Waals surface area contributed by atoms with Crippen LogP contribution in [-0.4, -0.2) is 35.1 Å². The van der Waals surface area contributed by atoms with Gasteiger partial charge in [-0.25, -0.2) is 9.18 Å². The Hall–Kier alpha value is -2.35. The molecule has 0 radical (unpaired) electrons. The molecule has 0 bridgehead atoms. The Morgan fingerprint density at radius 2 is 2.14 bits per heavy atom. The van der Waals surface area contributed by atoms with Gasteiger partial charge in [0.2, 0.25) is 0 Å². The summed E-state index contributed by atoms with van der Waals surface area (Å²) in [6, 6.07) is 3.79. The number of benzene rings is 1. The predicted molar refractivity (Wildman–Crippen MR) is 76.9 cm³/mol. The molecule has 0 saturated carbocycles. The molecular formula is C14H13FN2O4S. The fraction of sp³-hybridized carbons (Fsp3) is 0.286. The summed E-state index contributed by atoms with van der Waals surface area (Å²) in [6.45, 7) is 1.35. The molecule has 2 rings (SSSR count). The molecule has 22 heavy (non-hydrogen) atoms. The lowest BCUT2D eigenvalue weighted by Gasteiger charge is -2.05. The lowest BCUT2D eigenvalue weighted by molar-refractivity contribution is 0.0478. The van der Waals surface area contributed by atoms with Crippen molar-refractivity contribution in [2.75, 3.05) is 13.7 Å². The van der Waals surface area contributed by atoms with Crippen LogP contribution in [0.15, 0.2) is 18.2 Å². The van der Waals surface area contributed by atoms with E-state index in [1.807, 2.05) is 6.92 Å². The van der Waals surface area contributed by atoms with E-state index in [4.69, 9.17) is 9.47 Å². The van der Waals surface area contributed by atoms with Gasteiger partial charge in [-0.2, -0.15) is 0 Å². The van der Waals surface area contributed by atoms with Crippen molar-refractivity contribution in [2.45, 2.75) is 13.3 Å². The number of ketones is 1. The molecule has 0 aliphatic rings. The Morgan fingerprint density at radius 3 is 2.77 bits per heavy atom. The number of hydrogen-bond acceptors (Lipinski definition) is 7. The highest BCUT2D eigenvalue weighted by atomic mass is 32.1. The molecule has 116 valence electrons. The van der Waals surface area contributed by atoms with E-state index in [0.717, 1.165) is 17.6 Å². The maximum atomic E-state index is 13.5. The maximum absolute atomic E-state index is 13.5. The minimum Gasteiger partial charge on any atom is -0.494 e.